The Bertz CT molecular complexity index is 333. The van der Waals surface area contributed by atoms with Crippen LogP contribution >= 0.6 is 0 Å². The Morgan fingerprint density at radius 1 is 1.28 bits per heavy atom. The van der Waals surface area contributed by atoms with Crippen molar-refractivity contribution >= 4 is 17.8 Å². The van der Waals surface area contributed by atoms with Crippen molar-refractivity contribution in [1.29, 1.82) is 0 Å². The molecule has 0 aliphatic heterocycles. The third-order valence-electron chi connectivity index (χ3n) is 2.46. The molecule has 0 bridgehead atoms. The predicted octanol–water partition coefficient (Wildman–Crippen LogP) is 0.470. The van der Waals surface area contributed by atoms with Crippen molar-refractivity contribution in [2.45, 2.75) is 40.2 Å². The van der Waals surface area contributed by atoms with Gasteiger partial charge in [0, 0.05) is 13.5 Å². The molecule has 0 aliphatic carbocycles. The monoisotopic (exact) mass is 258 g/mol. The Kier molecular flexibility index (Phi) is 5.81. The highest BCUT2D eigenvalue weighted by Crippen LogP contribution is 2.17. The van der Waals surface area contributed by atoms with Gasteiger partial charge in [0.15, 0.2) is 0 Å². The molecule has 0 fully saturated rings. The number of carbonyl (C=O) groups excluding carboxylic acids is 2. The molecule has 6 nitrogen and oxygen atoms in total. The van der Waals surface area contributed by atoms with Crippen molar-refractivity contribution in [3.63, 3.8) is 0 Å². The maximum atomic E-state index is 11.6. The first-order chi connectivity index (χ1) is 8.04. The Labute approximate surface area is 107 Å². The van der Waals surface area contributed by atoms with Crippen LogP contribution in [0.2, 0.25) is 0 Å². The number of likely N-dealkylation sites (N-methyl/N-ethyl adjacent to an activating group) is 1. The van der Waals surface area contributed by atoms with Crippen molar-refractivity contribution in [2.24, 2.45) is 5.41 Å². The van der Waals surface area contributed by atoms with Gasteiger partial charge in [0.25, 0.3) is 0 Å². The third kappa shape index (κ3) is 6.22. The molecule has 2 N–H and O–H groups in total. The molecular weight excluding hydrogens is 236 g/mol. The molecule has 104 valence electrons. The van der Waals surface area contributed by atoms with Crippen molar-refractivity contribution in [2.75, 3.05) is 13.6 Å². The quantitative estimate of drug-likeness (QED) is 0.750. The Morgan fingerprint density at radius 2 is 1.78 bits per heavy atom. The van der Waals surface area contributed by atoms with Gasteiger partial charge in [-0.05, 0) is 12.3 Å². The number of hydrogen-bond donors (Lipinski definition) is 2. The maximum absolute atomic E-state index is 11.6. The topological polar surface area (TPSA) is 86.7 Å². The minimum absolute atomic E-state index is 0.145. The van der Waals surface area contributed by atoms with Gasteiger partial charge < -0.3 is 15.3 Å². The van der Waals surface area contributed by atoms with E-state index in [1.54, 1.807) is 0 Å². The smallest absolute Gasteiger partial charge is 0.326 e. The van der Waals surface area contributed by atoms with Crippen LogP contribution in [0.15, 0.2) is 0 Å². The van der Waals surface area contributed by atoms with Crippen molar-refractivity contribution < 1.29 is 19.5 Å². The molecule has 1 unspecified atom stereocenters. The van der Waals surface area contributed by atoms with E-state index in [9.17, 15) is 14.4 Å². The molecule has 18 heavy (non-hydrogen) atoms. The molecule has 0 saturated heterocycles. The minimum atomic E-state index is -1.08. The highest BCUT2D eigenvalue weighted by atomic mass is 16.4. The summed E-state index contributed by atoms with van der Waals surface area (Å²) in [5.41, 5.74) is -0.145. The molecule has 2 amide bonds. The second-order valence-electron chi connectivity index (χ2n) is 5.53. The average Bonchev–Trinajstić information content (AvgIpc) is 2.21. The molecular formula is C12H22N2O4. The molecule has 0 saturated carbocycles. The van der Waals surface area contributed by atoms with Crippen LogP contribution in [0.1, 0.15) is 34.1 Å². The molecule has 1 atom stereocenters. The number of aliphatic carboxylic acids is 1. The van der Waals surface area contributed by atoms with Crippen LogP contribution in [0.25, 0.3) is 0 Å². The largest absolute Gasteiger partial charge is 0.480 e. The number of amides is 2. The van der Waals surface area contributed by atoms with Crippen molar-refractivity contribution in [1.82, 2.24) is 10.2 Å². The Balaban J connectivity index is 4.19. The number of nitrogens with one attached hydrogen (secondary N) is 1. The van der Waals surface area contributed by atoms with E-state index in [0.717, 1.165) is 4.90 Å². The molecule has 0 aliphatic rings. The standard InChI is InChI=1S/C12H22N2O4/c1-8(11(17)18)14(5)10(16)7-13-9(15)6-12(2,3)4/h8H,6-7H2,1-5H3,(H,13,15)(H,17,18). The van der Waals surface area contributed by atoms with E-state index in [0.29, 0.717) is 6.42 Å². The molecule has 0 aromatic carbocycles. The molecule has 0 radical (unpaired) electrons. The van der Waals surface area contributed by atoms with Gasteiger partial charge in [-0.3, -0.25) is 9.59 Å². The van der Waals surface area contributed by atoms with E-state index >= 15 is 0 Å². The lowest BCUT2D eigenvalue weighted by molar-refractivity contribution is -0.148. The van der Waals surface area contributed by atoms with Gasteiger partial charge in [0.2, 0.25) is 11.8 Å². The fourth-order valence-corrected chi connectivity index (χ4v) is 1.22. The van der Waals surface area contributed by atoms with Gasteiger partial charge in [-0.2, -0.15) is 0 Å². The van der Waals surface area contributed by atoms with Gasteiger partial charge in [-0.1, -0.05) is 20.8 Å². The average molecular weight is 258 g/mol. The number of carboxylic acid groups (broad SMARTS) is 1. The van der Waals surface area contributed by atoms with Crippen LogP contribution in [-0.4, -0.2) is 47.4 Å². The molecule has 0 spiro atoms. The van der Waals surface area contributed by atoms with E-state index in [4.69, 9.17) is 5.11 Å². The van der Waals surface area contributed by atoms with Gasteiger partial charge in [-0.15, -0.1) is 0 Å². The molecule has 0 aromatic heterocycles. The lowest BCUT2D eigenvalue weighted by Gasteiger charge is -2.22. The van der Waals surface area contributed by atoms with Crippen LogP contribution in [0.4, 0.5) is 0 Å². The molecule has 0 aromatic rings. The van der Waals surface area contributed by atoms with Crippen LogP contribution in [-0.2, 0) is 14.4 Å². The fourth-order valence-electron chi connectivity index (χ4n) is 1.22. The molecule has 0 heterocycles. The summed E-state index contributed by atoms with van der Waals surface area (Å²) in [7, 11) is 1.40. The summed E-state index contributed by atoms with van der Waals surface area (Å²) >= 11 is 0. The van der Waals surface area contributed by atoms with Gasteiger partial charge in [0.05, 0.1) is 6.54 Å². The summed E-state index contributed by atoms with van der Waals surface area (Å²) < 4.78 is 0. The Hall–Kier alpha value is -1.59. The maximum Gasteiger partial charge on any atom is 0.326 e. The van der Waals surface area contributed by atoms with Gasteiger partial charge in [0.1, 0.15) is 6.04 Å². The first-order valence-electron chi connectivity index (χ1n) is 5.80. The summed E-state index contributed by atoms with van der Waals surface area (Å²) in [6.07, 6.45) is 0.318. The summed E-state index contributed by atoms with van der Waals surface area (Å²) in [6, 6.07) is -0.906. The minimum Gasteiger partial charge on any atom is -0.480 e. The van der Waals surface area contributed by atoms with E-state index in [1.165, 1.54) is 14.0 Å². The van der Waals surface area contributed by atoms with E-state index in [1.807, 2.05) is 20.8 Å². The van der Waals surface area contributed by atoms with Crippen LogP contribution in [0, 0.1) is 5.41 Å². The van der Waals surface area contributed by atoms with Gasteiger partial charge >= 0.3 is 5.97 Å². The number of carboxylic acids is 1. The van der Waals surface area contributed by atoms with Crippen molar-refractivity contribution in [3.05, 3.63) is 0 Å². The normalized spacial score (nSPS) is 12.7. The zero-order valence-corrected chi connectivity index (χ0v) is 11.6. The highest BCUT2D eigenvalue weighted by molar-refractivity contribution is 5.87. The number of carbonyl (C=O) groups is 3. The SMILES string of the molecule is CC(C(=O)O)N(C)C(=O)CNC(=O)CC(C)(C)C. The summed E-state index contributed by atoms with van der Waals surface area (Å²) in [5, 5.41) is 11.2. The Morgan fingerprint density at radius 3 is 2.17 bits per heavy atom. The second-order valence-corrected chi connectivity index (χ2v) is 5.53. The first kappa shape index (κ1) is 16.4. The zero-order valence-electron chi connectivity index (χ0n) is 11.6. The summed E-state index contributed by atoms with van der Waals surface area (Å²) in [6.45, 7) is 7.01. The molecule has 6 heteroatoms. The zero-order chi connectivity index (χ0) is 14.5. The van der Waals surface area contributed by atoms with E-state index in [-0.39, 0.29) is 17.9 Å². The number of nitrogens with zero attached hydrogens (tertiary/aromatic N) is 1. The van der Waals surface area contributed by atoms with E-state index in [2.05, 4.69) is 5.32 Å². The number of rotatable bonds is 5. The van der Waals surface area contributed by atoms with Gasteiger partial charge in [-0.25, -0.2) is 4.79 Å². The summed E-state index contributed by atoms with van der Waals surface area (Å²) in [5.74, 6) is -1.72. The van der Waals surface area contributed by atoms with E-state index < -0.39 is 17.9 Å². The fraction of sp³-hybridized carbons (Fsp3) is 0.750. The highest BCUT2D eigenvalue weighted by Gasteiger charge is 2.22. The van der Waals surface area contributed by atoms with Crippen LogP contribution in [0.5, 0.6) is 0 Å². The third-order valence-corrected chi connectivity index (χ3v) is 2.46. The van der Waals surface area contributed by atoms with Crippen LogP contribution in [0.3, 0.4) is 0 Å². The predicted molar refractivity (Wildman–Crippen MR) is 66.9 cm³/mol. The first-order valence-corrected chi connectivity index (χ1v) is 5.80. The van der Waals surface area contributed by atoms with Crippen LogP contribution < -0.4 is 5.32 Å². The molecule has 0 rings (SSSR count). The van der Waals surface area contributed by atoms with Crippen molar-refractivity contribution in [3.8, 4) is 0 Å². The number of hydrogen-bond acceptors (Lipinski definition) is 3. The second kappa shape index (κ2) is 6.37. The lowest BCUT2D eigenvalue weighted by atomic mass is 9.92. The lowest BCUT2D eigenvalue weighted by Crippen LogP contribution is -2.45. The summed E-state index contributed by atoms with van der Waals surface area (Å²) in [4.78, 5) is 34.9.